The minimum Gasteiger partial charge on any atom is -0.385 e. The molecule has 15 heavy (non-hydrogen) atoms. The molecule has 0 aromatic heterocycles. The average molecular weight is 204 g/mol. The van der Waals surface area contributed by atoms with E-state index in [1.165, 1.54) is 0 Å². The topological polar surface area (TPSA) is 45.0 Å². The van der Waals surface area contributed by atoms with Crippen LogP contribution < -0.4 is 5.32 Å². The summed E-state index contributed by atoms with van der Waals surface area (Å²) in [5.74, 6) is 0. The zero-order chi connectivity index (χ0) is 11.1. The summed E-state index contributed by atoms with van der Waals surface area (Å²) in [6, 6.07) is 9.93. The van der Waals surface area contributed by atoms with Gasteiger partial charge in [0.25, 0.3) is 0 Å². The molecular formula is C12H16N2O. The van der Waals surface area contributed by atoms with Gasteiger partial charge in [-0.05, 0) is 37.6 Å². The second kappa shape index (κ2) is 6.05. The maximum atomic E-state index is 8.64. The zero-order valence-electron chi connectivity index (χ0n) is 9.16. The third-order valence-electron chi connectivity index (χ3n) is 2.18. The van der Waals surface area contributed by atoms with Crippen molar-refractivity contribution in [1.82, 2.24) is 0 Å². The van der Waals surface area contributed by atoms with Crippen molar-refractivity contribution in [3.8, 4) is 6.07 Å². The fourth-order valence-electron chi connectivity index (χ4n) is 1.29. The summed E-state index contributed by atoms with van der Waals surface area (Å²) in [7, 11) is 1.70. The molecule has 0 saturated carbocycles. The number of nitriles is 1. The average Bonchev–Trinajstić information content (AvgIpc) is 2.27. The summed E-state index contributed by atoms with van der Waals surface area (Å²) in [5, 5.41) is 12.0. The Kier molecular flexibility index (Phi) is 4.65. The Morgan fingerprint density at radius 3 is 2.60 bits per heavy atom. The third-order valence-corrected chi connectivity index (χ3v) is 2.18. The molecule has 1 unspecified atom stereocenters. The van der Waals surface area contributed by atoms with Crippen LogP contribution >= 0.6 is 0 Å². The Morgan fingerprint density at radius 2 is 2.07 bits per heavy atom. The van der Waals surface area contributed by atoms with Gasteiger partial charge in [0.1, 0.15) is 0 Å². The van der Waals surface area contributed by atoms with Crippen molar-refractivity contribution < 1.29 is 4.74 Å². The van der Waals surface area contributed by atoms with Crippen LogP contribution in [0.15, 0.2) is 24.3 Å². The van der Waals surface area contributed by atoms with Crippen LogP contribution in [-0.4, -0.2) is 19.8 Å². The van der Waals surface area contributed by atoms with E-state index >= 15 is 0 Å². The molecule has 1 aromatic rings. The molecule has 0 saturated heterocycles. The SMILES string of the molecule is COCCC(C)Nc1ccc(C#N)cc1. The third kappa shape index (κ3) is 4.01. The Hall–Kier alpha value is -1.53. The molecule has 1 aromatic carbocycles. The van der Waals surface area contributed by atoms with E-state index in [1.54, 1.807) is 7.11 Å². The summed E-state index contributed by atoms with van der Waals surface area (Å²) in [6.45, 7) is 2.86. The van der Waals surface area contributed by atoms with E-state index in [9.17, 15) is 0 Å². The molecule has 1 N–H and O–H groups in total. The van der Waals surface area contributed by atoms with Gasteiger partial charge in [-0.25, -0.2) is 0 Å². The summed E-state index contributed by atoms with van der Waals surface area (Å²) < 4.78 is 5.00. The first-order chi connectivity index (χ1) is 7.26. The van der Waals surface area contributed by atoms with Crippen LogP contribution in [0.2, 0.25) is 0 Å². The molecule has 3 heteroatoms. The zero-order valence-corrected chi connectivity index (χ0v) is 9.16. The molecule has 0 amide bonds. The van der Waals surface area contributed by atoms with Crippen LogP contribution in [0.3, 0.4) is 0 Å². The second-order valence-corrected chi connectivity index (χ2v) is 3.52. The molecule has 0 heterocycles. The van der Waals surface area contributed by atoms with Gasteiger partial charge in [-0.3, -0.25) is 0 Å². The van der Waals surface area contributed by atoms with Crippen molar-refractivity contribution in [2.75, 3.05) is 19.0 Å². The summed E-state index contributed by atoms with van der Waals surface area (Å²) in [6.07, 6.45) is 0.969. The number of methoxy groups -OCH3 is 1. The van der Waals surface area contributed by atoms with Crippen LogP contribution in [-0.2, 0) is 4.74 Å². The quantitative estimate of drug-likeness (QED) is 0.801. The fraction of sp³-hybridized carbons (Fsp3) is 0.417. The highest BCUT2D eigenvalue weighted by Gasteiger charge is 2.01. The molecule has 0 aliphatic heterocycles. The van der Waals surface area contributed by atoms with E-state index in [1.807, 2.05) is 24.3 Å². The van der Waals surface area contributed by atoms with Crippen LogP contribution in [0.4, 0.5) is 5.69 Å². The lowest BCUT2D eigenvalue weighted by atomic mass is 10.2. The maximum Gasteiger partial charge on any atom is 0.0991 e. The number of nitrogens with one attached hydrogen (secondary N) is 1. The lowest BCUT2D eigenvalue weighted by Crippen LogP contribution is -2.16. The van der Waals surface area contributed by atoms with Crippen LogP contribution in [0.25, 0.3) is 0 Å². The fourth-order valence-corrected chi connectivity index (χ4v) is 1.29. The molecule has 0 aliphatic carbocycles. The highest BCUT2D eigenvalue weighted by Crippen LogP contribution is 2.11. The molecule has 1 atom stereocenters. The van der Waals surface area contributed by atoms with Gasteiger partial charge in [0.05, 0.1) is 11.6 Å². The smallest absolute Gasteiger partial charge is 0.0991 e. The Labute approximate surface area is 90.7 Å². The van der Waals surface area contributed by atoms with Crippen LogP contribution in [0.1, 0.15) is 18.9 Å². The summed E-state index contributed by atoms with van der Waals surface area (Å²) in [4.78, 5) is 0. The van der Waals surface area contributed by atoms with Gasteiger partial charge in [0.2, 0.25) is 0 Å². The number of anilines is 1. The summed E-state index contributed by atoms with van der Waals surface area (Å²) in [5.41, 5.74) is 1.72. The predicted molar refractivity (Wildman–Crippen MR) is 60.7 cm³/mol. The molecule has 3 nitrogen and oxygen atoms in total. The monoisotopic (exact) mass is 204 g/mol. The van der Waals surface area contributed by atoms with Gasteiger partial charge in [0, 0.05) is 25.4 Å². The normalized spacial score (nSPS) is 11.8. The van der Waals surface area contributed by atoms with Crippen molar-refractivity contribution in [1.29, 1.82) is 5.26 Å². The lowest BCUT2D eigenvalue weighted by molar-refractivity contribution is 0.191. The van der Waals surface area contributed by atoms with Crippen molar-refractivity contribution in [3.05, 3.63) is 29.8 Å². The lowest BCUT2D eigenvalue weighted by Gasteiger charge is -2.14. The Balaban J connectivity index is 2.47. The van der Waals surface area contributed by atoms with Crippen molar-refractivity contribution in [2.24, 2.45) is 0 Å². The standard InChI is InChI=1S/C12H16N2O/c1-10(7-8-15-2)14-12-5-3-11(9-13)4-6-12/h3-6,10,14H,7-8H2,1-2H3. The molecule has 80 valence electrons. The van der Waals surface area contributed by atoms with Crippen molar-refractivity contribution >= 4 is 5.69 Å². The Morgan fingerprint density at radius 1 is 1.40 bits per heavy atom. The maximum absolute atomic E-state index is 8.64. The minimum absolute atomic E-state index is 0.373. The largest absolute Gasteiger partial charge is 0.385 e. The van der Waals surface area contributed by atoms with Crippen molar-refractivity contribution in [3.63, 3.8) is 0 Å². The van der Waals surface area contributed by atoms with Gasteiger partial charge in [-0.1, -0.05) is 0 Å². The number of benzene rings is 1. The van der Waals surface area contributed by atoms with Crippen LogP contribution in [0, 0.1) is 11.3 Å². The number of ether oxygens (including phenoxy) is 1. The van der Waals surface area contributed by atoms with Gasteiger partial charge >= 0.3 is 0 Å². The number of rotatable bonds is 5. The first-order valence-electron chi connectivity index (χ1n) is 5.02. The predicted octanol–water partition coefficient (Wildman–Crippen LogP) is 2.40. The highest BCUT2D eigenvalue weighted by molar-refractivity contribution is 5.47. The van der Waals surface area contributed by atoms with Gasteiger partial charge in [-0.15, -0.1) is 0 Å². The van der Waals surface area contributed by atoms with E-state index < -0.39 is 0 Å². The molecule has 0 spiro atoms. The second-order valence-electron chi connectivity index (χ2n) is 3.52. The number of hydrogen-bond donors (Lipinski definition) is 1. The first-order valence-corrected chi connectivity index (χ1v) is 5.02. The Bertz CT molecular complexity index is 326. The van der Waals surface area contributed by atoms with Gasteiger partial charge < -0.3 is 10.1 Å². The van der Waals surface area contributed by atoms with E-state index in [4.69, 9.17) is 10.00 Å². The molecule has 0 aliphatic rings. The molecule has 0 bridgehead atoms. The van der Waals surface area contributed by atoms with E-state index in [0.717, 1.165) is 18.7 Å². The van der Waals surface area contributed by atoms with E-state index in [0.29, 0.717) is 11.6 Å². The van der Waals surface area contributed by atoms with Crippen LogP contribution in [0.5, 0.6) is 0 Å². The minimum atomic E-state index is 0.373. The first kappa shape index (κ1) is 11.5. The summed E-state index contributed by atoms with van der Waals surface area (Å²) >= 11 is 0. The number of nitrogens with zero attached hydrogens (tertiary/aromatic N) is 1. The van der Waals surface area contributed by atoms with E-state index in [-0.39, 0.29) is 0 Å². The van der Waals surface area contributed by atoms with Crippen molar-refractivity contribution in [2.45, 2.75) is 19.4 Å². The molecule has 0 radical (unpaired) electrons. The number of hydrogen-bond acceptors (Lipinski definition) is 3. The molecule has 1 rings (SSSR count). The molecular weight excluding hydrogens is 188 g/mol. The van der Waals surface area contributed by atoms with E-state index in [2.05, 4.69) is 18.3 Å². The van der Waals surface area contributed by atoms with Gasteiger partial charge in [-0.2, -0.15) is 5.26 Å². The molecule has 0 fully saturated rings. The van der Waals surface area contributed by atoms with Gasteiger partial charge in [0.15, 0.2) is 0 Å². The highest BCUT2D eigenvalue weighted by atomic mass is 16.5.